The van der Waals surface area contributed by atoms with E-state index >= 15 is 0 Å². The van der Waals surface area contributed by atoms with Gasteiger partial charge in [0.25, 0.3) is 0 Å². The molecule has 1 heterocycles. The van der Waals surface area contributed by atoms with E-state index in [0.29, 0.717) is 6.42 Å². The van der Waals surface area contributed by atoms with Gasteiger partial charge < -0.3 is 15.7 Å². The van der Waals surface area contributed by atoms with Gasteiger partial charge in [0.1, 0.15) is 0 Å². The lowest BCUT2D eigenvalue weighted by Gasteiger charge is -2.14. The highest BCUT2D eigenvalue weighted by Crippen LogP contribution is 2.17. The van der Waals surface area contributed by atoms with Gasteiger partial charge in [0, 0.05) is 13.1 Å². The van der Waals surface area contributed by atoms with Crippen LogP contribution in [0.15, 0.2) is 18.2 Å². The molecule has 2 rings (SSSR count). The molecule has 0 unspecified atom stereocenters. The van der Waals surface area contributed by atoms with Gasteiger partial charge in [-0.1, -0.05) is 6.07 Å². The van der Waals surface area contributed by atoms with Gasteiger partial charge in [0.2, 0.25) is 0 Å². The average Bonchev–Trinajstić information content (AvgIpc) is 2.84. The molecule has 0 aromatic heterocycles. The number of carbonyl (C=O) groups is 1. The summed E-state index contributed by atoms with van der Waals surface area (Å²) in [5, 5.41) is 14.7. The summed E-state index contributed by atoms with van der Waals surface area (Å²) in [5.74, 6) is -2.01. The zero-order valence-corrected chi connectivity index (χ0v) is 13.1. The normalized spacial score (nSPS) is 20.9. The van der Waals surface area contributed by atoms with Crippen molar-refractivity contribution in [1.29, 1.82) is 0 Å². The van der Waals surface area contributed by atoms with Crippen LogP contribution >= 0.6 is 0 Å². The lowest BCUT2D eigenvalue weighted by Crippen LogP contribution is -2.40. The fraction of sp³-hybridized carbons (Fsp3) is 0.500. The average molecular weight is 348 g/mol. The van der Waals surface area contributed by atoms with Crippen molar-refractivity contribution in [3.05, 3.63) is 35.4 Å². The maximum atomic E-state index is 13.1. The van der Waals surface area contributed by atoms with E-state index in [-0.39, 0.29) is 36.1 Å². The minimum absolute atomic E-state index is 0.0603. The van der Waals surface area contributed by atoms with Gasteiger partial charge >= 0.3 is 6.03 Å². The zero-order valence-electron chi connectivity index (χ0n) is 12.3. The molecule has 1 fully saturated rings. The number of benzene rings is 1. The van der Waals surface area contributed by atoms with Crippen molar-refractivity contribution < 1.29 is 27.1 Å². The van der Waals surface area contributed by atoms with Gasteiger partial charge in [-0.15, -0.1) is 0 Å². The fourth-order valence-electron chi connectivity index (χ4n) is 2.36. The first kappa shape index (κ1) is 17.6. The van der Waals surface area contributed by atoms with Crippen molar-refractivity contribution in [2.75, 3.05) is 24.6 Å². The van der Waals surface area contributed by atoms with Gasteiger partial charge in [-0.3, -0.25) is 0 Å². The lowest BCUT2D eigenvalue weighted by molar-refractivity contribution is 0.172. The third-order valence-corrected chi connectivity index (χ3v) is 5.50. The van der Waals surface area contributed by atoms with Gasteiger partial charge in [-0.05, 0) is 30.0 Å². The van der Waals surface area contributed by atoms with E-state index in [1.165, 1.54) is 6.07 Å². The molecule has 2 amide bonds. The van der Waals surface area contributed by atoms with Crippen LogP contribution in [0.25, 0.3) is 0 Å². The molecule has 128 valence electrons. The quantitative estimate of drug-likeness (QED) is 0.731. The van der Waals surface area contributed by atoms with Crippen LogP contribution in [0.2, 0.25) is 0 Å². The highest BCUT2D eigenvalue weighted by atomic mass is 32.2. The number of urea groups is 1. The van der Waals surface area contributed by atoms with E-state index in [4.69, 9.17) is 0 Å². The van der Waals surface area contributed by atoms with Crippen molar-refractivity contribution in [2.45, 2.75) is 12.5 Å². The molecule has 1 aromatic carbocycles. The molecule has 0 aliphatic carbocycles. The Morgan fingerprint density at radius 3 is 2.65 bits per heavy atom. The number of halogens is 2. The summed E-state index contributed by atoms with van der Waals surface area (Å²) in [6.45, 7) is 0.0478. The molecule has 1 aromatic rings. The zero-order chi connectivity index (χ0) is 17.0. The molecular formula is C14H18F2N2O4S. The Morgan fingerprint density at radius 1 is 1.30 bits per heavy atom. The molecule has 0 radical (unpaired) electrons. The van der Waals surface area contributed by atoms with E-state index in [0.717, 1.165) is 12.1 Å². The van der Waals surface area contributed by atoms with E-state index in [1.807, 2.05) is 0 Å². The number of amides is 2. The Morgan fingerprint density at radius 2 is 2.04 bits per heavy atom. The van der Waals surface area contributed by atoms with Crippen LogP contribution in [-0.4, -0.2) is 44.2 Å². The standard InChI is InChI=1S/C14H18F2N2O4S/c15-11-2-1-10(5-12(11)16)13(19)7-18-14(20)17-6-9-3-4-23(21,22)8-9/h1-2,5,9,13,19H,3-4,6-8H2,(H2,17,18,20)/t9-,13+/m1/s1. The Bertz CT molecular complexity index is 681. The number of rotatable bonds is 5. The molecule has 2 atom stereocenters. The van der Waals surface area contributed by atoms with Crippen molar-refractivity contribution in [1.82, 2.24) is 10.6 Å². The fourth-order valence-corrected chi connectivity index (χ4v) is 4.22. The van der Waals surface area contributed by atoms with Gasteiger partial charge in [0.15, 0.2) is 21.5 Å². The highest BCUT2D eigenvalue weighted by Gasteiger charge is 2.27. The number of sulfone groups is 1. The molecule has 3 N–H and O–H groups in total. The number of aliphatic hydroxyl groups is 1. The molecule has 23 heavy (non-hydrogen) atoms. The molecule has 0 bridgehead atoms. The number of hydrogen-bond donors (Lipinski definition) is 3. The molecule has 0 spiro atoms. The van der Waals surface area contributed by atoms with Crippen LogP contribution in [0.3, 0.4) is 0 Å². The first-order valence-electron chi connectivity index (χ1n) is 7.12. The topological polar surface area (TPSA) is 95.5 Å². The summed E-state index contributed by atoms with van der Waals surface area (Å²) < 4.78 is 48.4. The Labute approximate surface area is 132 Å². The summed E-state index contributed by atoms with van der Waals surface area (Å²) in [7, 11) is -2.99. The second kappa shape index (κ2) is 7.22. The minimum Gasteiger partial charge on any atom is -0.387 e. The molecule has 1 saturated heterocycles. The highest BCUT2D eigenvalue weighted by molar-refractivity contribution is 7.91. The second-order valence-corrected chi connectivity index (χ2v) is 7.78. The summed E-state index contributed by atoms with van der Waals surface area (Å²) in [5.41, 5.74) is 0.145. The van der Waals surface area contributed by atoms with Crippen LogP contribution in [0.5, 0.6) is 0 Å². The number of hydrogen-bond acceptors (Lipinski definition) is 4. The maximum absolute atomic E-state index is 13.1. The Hall–Kier alpha value is -1.74. The summed E-state index contributed by atoms with van der Waals surface area (Å²) in [6, 6.07) is 2.43. The van der Waals surface area contributed by atoms with Crippen molar-refractivity contribution in [2.24, 2.45) is 5.92 Å². The predicted molar refractivity (Wildman–Crippen MR) is 79.5 cm³/mol. The van der Waals surface area contributed by atoms with Crippen LogP contribution in [0, 0.1) is 17.6 Å². The SMILES string of the molecule is O=C(NC[C@H]1CCS(=O)(=O)C1)NC[C@H](O)c1ccc(F)c(F)c1. The number of carbonyl (C=O) groups excluding carboxylic acids is 1. The largest absolute Gasteiger partial charge is 0.387 e. The third kappa shape index (κ3) is 5.14. The Kier molecular flexibility index (Phi) is 5.53. The van der Waals surface area contributed by atoms with E-state index in [1.54, 1.807) is 0 Å². The first-order chi connectivity index (χ1) is 10.8. The summed E-state index contributed by atoms with van der Waals surface area (Å²) in [6.07, 6.45) is -0.664. The van der Waals surface area contributed by atoms with Crippen molar-refractivity contribution >= 4 is 15.9 Å². The van der Waals surface area contributed by atoms with Gasteiger partial charge in [-0.2, -0.15) is 0 Å². The molecule has 0 saturated carbocycles. The number of nitrogens with one attached hydrogen (secondary N) is 2. The van der Waals surface area contributed by atoms with Crippen molar-refractivity contribution in [3.8, 4) is 0 Å². The summed E-state index contributed by atoms with van der Waals surface area (Å²) in [4.78, 5) is 11.6. The number of aliphatic hydroxyl groups excluding tert-OH is 1. The lowest BCUT2D eigenvalue weighted by atomic mass is 10.1. The molecule has 1 aliphatic rings. The van der Waals surface area contributed by atoms with Crippen LogP contribution in [0.4, 0.5) is 13.6 Å². The Balaban J connectivity index is 1.74. The monoisotopic (exact) mass is 348 g/mol. The van der Waals surface area contributed by atoms with E-state index in [2.05, 4.69) is 10.6 Å². The van der Waals surface area contributed by atoms with E-state index < -0.39 is 33.6 Å². The second-order valence-electron chi connectivity index (χ2n) is 5.55. The summed E-state index contributed by atoms with van der Waals surface area (Å²) >= 11 is 0. The van der Waals surface area contributed by atoms with Crippen LogP contribution < -0.4 is 10.6 Å². The molecule has 9 heteroatoms. The van der Waals surface area contributed by atoms with Crippen LogP contribution in [-0.2, 0) is 9.84 Å². The van der Waals surface area contributed by atoms with Gasteiger partial charge in [-0.25, -0.2) is 22.0 Å². The molecular weight excluding hydrogens is 330 g/mol. The van der Waals surface area contributed by atoms with E-state index in [9.17, 15) is 27.1 Å². The maximum Gasteiger partial charge on any atom is 0.314 e. The van der Waals surface area contributed by atoms with Crippen LogP contribution in [0.1, 0.15) is 18.1 Å². The molecule has 1 aliphatic heterocycles. The van der Waals surface area contributed by atoms with Gasteiger partial charge in [0.05, 0.1) is 17.6 Å². The third-order valence-electron chi connectivity index (χ3n) is 3.66. The smallest absolute Gasteiger partial charge is 0.314 e. The molecule has 6 nitrogen and oxygen atoms in total. The first-order valence-corrected chi connectivity index (χ1v) is 8.94. The predicted octanol–water partition coefficient (Wildman–Crippen LogP) is 0.732. The minimum atomic E-state index is -2.99. The van der Waals surface area contributed by atoms with Crippen molar-refractivity contribution in [3.63, 3.8) is 0 Å².